The fraction of sp³-hybridized carbons (Fsp3) is 0.483. The number of aromatic nitrogens is 1. The van der Waals surface area contributed by atoms with Gasteiger partial charge in [0.2, 0.25) is 0 Å². The van der Waals surface area contributed by atoms with E-state index < -0.39 is 0 Å². The Kier molecular flexibility index (Phi) is 7.08. The van der Waals surface area contributed by atoms with Gasteiger partial charge >= 0.3 is 12.1 Å². The Morgan fingerprint density at radius 3 is 2.83 bits per heavy atom. The third-order valence-corrected chi connectivity index (χ3v) is 8.18. The minimum atomic E-state index is -0.368. The molecule has 5 rings (SSSR count). The number of cyclic esters (lactones) is 1. The summed E-state index contributed by atoms with van der Waals surface area (Å²) in [7, 11) is 0. The van der Waals surface area contributed by atoms with E-state index in [1.165, 1.54) is 12.1 Å². The van der Waals surface area contributed by atoms with Crippen LogP contribution in [0.3, 0.4) is 0 Å². The van der Waals surface area contributed by atoms with Gasteiger partial charge in [0, 0.05) is 23.7 Å². The number of hydrogen-bond acceptors (Lipinski definition) is 5. The van der Waals surface area contributed by atoms with E-state index in [4.69, 9.17) is 9.47 Å². The van der Waals surface area contributed by atoms with Crippen LogP contribution in [0.5, 0.6) is 0 Å². The maximum atomic E-state index is 13.6. The van der Waals surface area contributed by atoms with Crippen molar-refractivity contribution in [2.75, 3.05) is 6.61 Å². The number of ether oxygens (including phenoxy) is 2. The van der Waals surface area contributed by atoms with Crippen molar-refractivity contribution in [3.05, 3.63) is 60.2 Å². The number of benzene rings is 1. The molecular weight excluding hydrogens is 459 g/mol. The van der Waals surface area contributed by atoms with Crippen molar-refractivity contribution in [3.8, 4) is 11.1 Å². The van der Waals surface area contributed by atoms with Crippen LogP contribution < -0.4 is 5.32 Å². The second-order valence-electron chi connectivity index (χ2n) is 10.3. The first-order valence-corrected chi connectivity index (χ1v) is 13.0. The highest BCUT2D eigenvalue weighted by Crippen LogP contribution is 2.53. The SMILES string of the molecule is CCOC(=O)N[C@H]1CC[C@@H]2[C@H](C1)C[C@H]1C(=O)O[C@@H](C)[C@H]1[C@@H]2/C=C/c1ccc(-c2cccc(F)c2)cn1. The van der Waals surface area contributed by atoms with Crippen LogP contribution in [0.2, 0.25) is 0 Å². The van der Waals surface area contributed by atoms with Crippen molar-refractivity contribution in [2.45, 2.75) is 51.7 Å². The van der Waals surface area contributed by atoms with Gasteiger partial charge in [-0.1, -0.05) is 24.3 Å². The van der Waals surface area contributed by atoms with Crippen LogP contribution in [0.1, 0.15) is 45.2 Å². The Morgan fingerprint density at radius 2 is 2.08 bits per heavy atom. The Balaban J connectivity index is 1.34. The number of carbonyl (C=O) groups is 2. The van der Waals surface area contributed by atoms with Crippen LogP contribution in [0.25, 0.3) is 17.2 Å². The molecule has 2 saturated carbocycles. The predicted octanol–water partition coefficient (Wildman–Crippen LogP) is 5.63. The van der Waals surface area contributed by atoms with E-state index in [0.717, 1.165) is 42.5 Å². The van der Waals surface area contributed by atoms with Crippen LogP contribution >= 0.6 is 0 Å². The molecule has 3 aliphatic rings. The van der Waals surface area contributed by atoms with Gasteiger partial charge in [-0.15, -0.1) is 0 Å². The lowest BCUT2D eigenvalue weighted by Gasteiger charge is -2.47. The summed E-state index contributed by atoms with van der Waals surface area (Å²) in [6.07, 6.45) is 9.07. The highest BCUT2D eigenvalue weighted by molar-refractivity contribution is 5.75. The third-order valence-electron chi connectivity index (χ3n) is 8.18. The molecule has 0 unspecified atom stereocenters. The van der Waals surface area contributed by atoms with E-state index in [9.17, 15) is 14.0 Å². The normalized spacial score (nSPS) is 31.4. The molecule has 2 aromatic rings. The van der Waals surface area contributed by atoms with E-state index >= 15 is 0 Å². The van der Waals surface area contributed by atoms with Crippen molar-refractivity contribution < 1.29 is 23.5 Å². The number of rotatable bonds is 5. The van der Waals surface area contributed by atoms with Crippen LogP contribution in [-0.2, 0) is 14.3 Å². The van der Waals surface area contributed by atoms with Crippen LogP contribution in [0, 0.1) is 35.4 Å². The Morgan fingerprint density at radius 1 is 1.22 bits per heavy atom. The van der Waals surface area contributed by atoms with Gasteiger partial charge < -0.3 is 14.8 Å². The van der Waals surface area contributed by atoms with Gasteiger partial charge in [0.15, 0.2) is 0 Å². The Labute approximate surface area is 211 Å². The summed E-state index contributed by atoms with van der Waals surface area (Å²) in [6.45, 7) is 4.15. The molecule has 2 heterocycles. The number of halogens is 1. The molecule has 0 radical (unpaired) electrons. The maximum absolute atomic E-state index is 13.6. The van der Waals surface area contributed by atoms with Gasteiger partial charge in [0.1, 0.15) is 11.9 Å². The molecule has 1 N–H and O–H groups in total. The lowest BCUT2D eigenvalue weighted by atomic mass is 9.57. The molecule has 36 heavy (non-hydrogen) atoms. The molecule has 2 aliphatic carbocycles. The largest absolute Gasteiger partial charge is 0.462 e. The van der Waals surface area contributed by atoms with Crippen LogP contribution in [0.15, 0.2) is 48.7 Å². The number of nitrogens with one attached hydrogen (secondary N) is 1. The number of pyridine rings is 1. The number of nitrogens with zero attached hydrogens (tertiary/aromatic N) is 1. The van der Waals surface area contributed by atoms with Gasteiger partial charge in [0.05, 0.1) is 18.2 Å². The lowest BCUT2D eigenvalue weighted by molar-refractivity contribution is -0.144. The average Bonchev–Trinajstić information content (AvgIpc) is 3.15. The number of esters is 1. The van der Waals surface area contributed by atoms with Gasteiger partial charge in [-0.05, 0) is 87.1 Å². The van der Waals surface area contributed by atoms with Gasteiger partial charge in [-0.25, -0.2) is 9.18 Å². The van der Waals surface area contributed by atoms with Crippen LogP contribution in [-0.4, -0.2) is 35.8 Å². The number of hydrogen-bond donors (Lipinski definition) is 1. The van der Waals surface area contributed by atoms with Crippen molar-refractivity contribution in [2.24, 2.45) is 29.6 Å². The first-order valence-electron chi connectivity index (χ1n) is 13.0. The summed E-state index contributed by atoms with van der Waals surface area (Å²) in [6, 6.07) is 10.4. The first-order chi connectivity index (χ1) is 17.4. The van der Waals surface area contributed by atoms with Crippen molar-refractivity contribution in [3.63, 3.8) is 0 Å². The molecule has 6 nitrogen and oxygen atoms in total. The van der Waals surface area contributed by atoms with E-state index in [1.807, 2.05) is 31.2 Å². The average molecular weight is 493 g/mol. The molecule has 1 amide bonds. The van der Waals surface area contributed by atoms with Crippen LogP contribution in [0.4, 0.5) is 9.18 Å². The van der Waals surface area contributed by atoms with Gasteiger partial charge in [-0.3, -0.25) is 9.78 Å². The van der Waals surface area contributed by atoms with Crippen molar-refractivity contribution >= 4 is 18.1 Å². The summed E-state index contributed by atoms with van der Waals surface area (Å²) in [5.74, 6) is 0.629. The minimum absolute atomic E-state index is 0.0679. The summed E-state index contributed by atoms with van der Waals surface area (Å²) >= 11 is 0. The second-order valence-corrected chi connectivity index (χ2v) is 10.3. The molecule has 3 fully saturated rings. The standard InChI is InChI=1S/C29H33FN2O4/c1-3-35-29(34)32-23-10-11-24-20(14-23)15-26-27(17(2)36-28(26)33)25(24)12-9-22-8-7-19(16-31-22)18-5-4-6-21(30)13-18/h4-9,12-13,16-17,20,23-27H,3,10-11,14-15H2,1-2H3,(H,32,34)/b12-9+/t17-,20+,23-,24+,25+,26+,27-/m0/s1. The number of amides is 1. The van der Waals surface area contributed by atoms with E-state index in [2.05, 4.69) is 16.4 Å². The predicted molar refractivity (Wildman–Crippen MR) is 134 cm³/mol. The number of carbonyl (C=O) groups excluding carboxylic acids is 2. The number of allylic oxidation sites excluding steroid dienone is 1. The van der Waals surface area contributed by atoms with Crippen molar-refractivity contribution in [1.29, 1.82) is 0 Å². The molecule has 7 atom stereocenters. The third kappa shape index (κ3) is 5.01. The Bertz CT molecular complexity index is 1130. The fourth-order valence-corrected chi connectivity index (χ4v) is 6.64. The smallest absolute Gasteiger partial charge is 0.407 e. The maximum Gasteiger partial charge on any atom is 0.407 e. The monoisotopic (exact) mass is 492 g/mol. The molecule has 190 valence electrons. The number of fused-ring (bicyclic) bond motifs is 2. The molecule has 0 bridgehead atoms. The first kappa shape index (κ1) is 24.5. The molecule has 1 aliphatic heterocycles. The highest BCUT2D eigenvalue weighted by Gasteiger charge is 2.54. The van der Waals surface area contributed by atoms with E-state index in [1.54, 1.807) is 19.2 Å². The second kappa shape index (κ2) is 10.4. The Hall–Kier alpha value is -3.22. The fourth-order valence-electron chi connectivity index (χ4n) is 6.64. The minimum Gasteiger partial charge on any atom is -0.462 e. The lowest BCUT2D eigenvalue weighted by Crippen LogP contribution is -2.48. The van der Waals surface area contributed by atoms with Crippen molar-refractivity contribution in [1.82, 2.24) is 10.3 Å². The topological polar surface area (TPSA) is 77.5 Å². The highest BCUT2D eigenvalue weighted by atomic mass is 19.1. The molecule has 1 saturated heterocycles. The number of alkyl carbamates (subject to hydrolysis) is 1. The molecular formula is C29H33FN2O4. The summed E-state index contributed by atoms with van der Waals surface area (Å²) < 4.78 is 24.3. The quantitative estimate of drug-likeness (QED) is 0.548. The zero-order valence-corrected chi connectivity index (χ0v) is 20.7. The van der Waals surface area contributed by atoms with Gasteiger partial charge in [-0.2, -0.15) is 0 Å². The summed E-state index contributed by atoms with van der Waals surface area (Å²) in [5, 5.41) is 3.00. The zero-order valence-electron chi connectivity index (χ0n) is 20.7. The molecule has 1 aromatic carbocycles. The molecule has 0 spiro atoms. The van der Waals surface area contributed by atoms with E-state index in [-0.39, 0.29) is 47.8 Å². The summed E-state index contributed by atoms with van der Waals surface area (Å²) in [5.41, 5.74) is 2.48. The van der Waals surface area contributed by atoms with Gasteiger partial charge in [0.25, 0.3) is 0 Å². The summed E-state index contributed by atoms with van der Waals surface area (Å²) in [4.78, 5) is 29.2. The van der Waals surface area contributed by atoms with E-state index in [0.29, 0.717) is 18.4 Å². The molecule has 7 heteroatoms. The molecule has 1 aromatic heterocycles. The zero-order chi connectivity index (χ0) is 25.2.